The van der Waals surface area contributed by atoms with E-state index >= 15 is 0 Å². The Balaban J connectivity index is 1.26. The summed E-state index contributed by atoms with van der Waals surface area (Å²) in [6.45, 7) is 2.82. The molecule has 0 spiro atoms. The van der Waals surface area contributed by atoms with Gasteiger partial charge in [-0.3, -0.25) is 15.0 Å². The zero-order chi connectivity index (χ0) is 23.8. The lowest BCUT2D eigenvalue weighted by atomic mass is 9.85. The minimum Gasteiger partial charge on any atom is -0.375 e. The number of nitrogens with one attached hydrogen (secondary N) is 3. The molecule has 188 valence electrons. The predicted octanol–water partition coefficient (Wildman–Crippen LogP) is 4.21. The first-order valence-electron chi connectivity index (χ1n) is 13.0. The number of halogens is 1. The summed E-state index contributed by atoms with van der Waals surface area (Å²) < 4.78 is 13.2. The Morgan fingerprint density at radius 3 is 2.56 bits per heavy atom. The molecule has 34 heavy (non-hydrogen) atoms. The smallest absolute Gasteiger partial charge is 0.238 e. The van der Waals surface area contributed by atoms with Crippen LogP contribution in [0.3, 0.4) is 0 Å². The number of carbonyl (C=O) groups is 1. The van der Waals surface area contributed by atoms with Crippen LogP contribution in [-0.2, 0) is 11.3 Å². The van der Waals surface area contributed by atoms with Crippen molar-refractivity contribution < 1.29 is 9.18 Å². The molecule has 8 heteroatoms. The molecule has 3 fully saturated rings. The van der Waals surface area contributed by atoms with Gasteiger partial charge in [-0.2, -0.15) is 0 Å². The van der Waals surface area contributed by atoms with Gasteiger partial charge in [0, 0.05) is 37.3 Å². The molecule has 2 heterocycles. The maximum absolute atomic E-state index is 13.2. The van der Waals surface area contributed by atoms with Gasteiger partial charge in [0.2, 0.25) is 5.91 Å². The molecule has 2 saturated heterocycles. The minimum atomic E-state index is -0.187. The van der Waals surface area contributed by atoms with Gasteiger partial charge >= 0.3 is 0 Å². The fourth-order valence-electron chi connectivity index (χ4n) is 5.37. The standard InChI is InChI=1S/C26H39FN4OS2/c27-21-9-6-20(7-10-21)16-31-14-12-22(13-15-31)29-26(33)23(11-8-19-4-2-1-3-5-19)30-25(32)24-17-34-18-28-24/h6-7,9-10,19,22-24,28H,1-5,8,11-18H2,(H,29,33)(H,30,32)/t23-,24+/m1/s1. The molecule has 0 unspecified atom stereocenters. The predicted molar refractivity (Wildman–Crippen MR) is 142 cm³/mol. The Bertz CT molecular complexity index is 788. The van der Waals surface area contributed by atoms with Crippen LogP contribution < -0.4 is 16.0 Å². The van der Waals surface area contributed by atoms with E-state index in [1.165, 1.54) is 44.2 Å². The molecule has 3 N–H and O–H groups in total. The number of piperidine rings is 1. The Morgan fingerprint density at radius 1 is 1.15 bits per heavy atom. The fourth-order valence-corrected chi connectivity index (χ4v) is 6.65. The molecule has 3 aliphatic rings. The van der Waals surface area contributed by atoms with Gasteiger partial charge in [-0.05, 0) is 49.3 Å². The SMILES string of the molecule is O=C(N[C@H](CCC1CCCCC1)C(=S)NC1CCN(Cc2ccc(F)cc2)CC1)[C@@H]1CSCN1. The second-order valence-corrected chi connectivity index (χ2v) is 11.6. The van der Waals surface area contributed by atoms with Gasteiger partial charge < -0.3 is 10.6 Å². The number of hydrogen-bond donors (Lipinski definition) is 3. The van der Waals surface area contributed by atoms with Gasteiger partial charge in [0.05, 0.1) is 17.1 Å². The van der Waals surface area contributed by atoms with Gasteiger partial charge in [-0.1, -0.05) is 56.5 Å². The molecule has 2 atom stereocenters. The maximum Gasteiger partial charge on any atom is 0.238 e. The van der Waals surface area contributed by atoms with Crippen molar-refractivity contribution in [1.29, 1.82) is 0 Å². The third-order valence-corrected chi connectivity index (χ3v) is 8.85. The second kappa shape index (κ2) is 13.2. The molecule has 1 aromatic carbocycles. The van der Waals surface area contributed by atoms with Crippen LogP contribution in [0.2, 0.25) is 0 Å². The number of amides is 1. The third-order valence-electron chi connectivity index (χ3n) is 7.51. The van der Waals surface area contributed by atoms with Crippen molar-refractivity contribution >= 4 is 34.9 Å². The topological polar surface area (TPSA) is 56.4 Å². The van der Waals surface area contributed by atoms with Crippen molar-refractivity contribution in [2.24, 2.45) is 5.92 Å². The van der Waals surface area contributed by atoms with Crippen molar-refractivity contribution in [3.8, 4) is 0 Å². The summed E-state index contributed by atoms with van der Waals surface area (Å²) in [4.78, 5) is 16.1. The lowest BCUT2D eigenvalue weighted by molar-refractivity contribution is -0.122. The molecule has 4 rings (SSSR count). The Labute approximate surface area is 213 Å². The van der Waals surface area contributed by atoms with Gasteiger partial charge in [-0.15, -0.1) is 11.8 Å². The summed E-state index contributed by atoms with van der Waals surface area (Å²) in [6, 6.07) is 6.94. The average Bonchev–Trinajstić information content (AvgIpc) is 3.40. The first-order valence-corrected chi connectivity index (χ1v) is 14.5. The van der Waals surface area contributed by atoms with Crippen LogP contribution in [0.4, 0.5) is 4.39 Å². The van der Waals surface area contributed by atoms with E-state index in [2.05, 4.69) is 20.9 Å². The summed E-state index contributed by atoms with van der Waals surface area (Å²) in [5.41, 5.74) is 1.15. The number of thiocarbonyl (C=S) groups is 1. The van der Waals surface area contributed by atoms with Gasteiger partial charge in [-0.25, -0.2) is 4.39 Å². The minimum absolute atomic E-state index is 0.0805. The zero-order valence-electron chi connectivity index (χ0n) is 20.1. The van der Waals surface area contributed by atoms with Gasteiger partial charge in [0.15, 0.2) is 0 Å². The number of likely N-dealkylation sites (tertiary alicyclic amines) is 1. The number of nitrogens with zero attached hydrogens (tertiary/aromatic N) is 1. The van der Waals surface area contributed by atoms with Crippen LogP contribution in [0.1, 0.15) is 63.4 Å². The van der Waals surface area contributed by atoms with E-state index in [4.69, 9.17) is 12.2 Å². The molecule has 1 aromatic rings. The third kappa shape index (κ3) is 7.90. The normalized spacial score (nSPS) is 23.5. The van der Waals surface area contributed by atoms with Crippen molar-refractivity contribution in [3.05, 3.63) is 35.6 Å². The van der Waals surface area contributed by atoms with Gasteiger partial charge in [0.25, 0.3) is 0 Å². The molecule has 5 nitrogen and oxygen atoms in total. The second-order valence-electron chi connectivity index (χ2n) is 10.1. The van der Waals surface area contributed by atoms with Crippen molar-refractivity contribution in [3.63, 3.8) is 0 Å². The van der Waals surface area contributed by atoms with E-state index in [1.807, 2.05) is 12.1 Å². The average molecular weight is 507 g/mol. The molecule has 1 aliphatic carbocycles. The van der Waals surface area contributed by atoms with Crippen molar-refractivity contribution in [2.75, 3.05) is 24.7 Å². The van der Waals surface area contributed by atoms with Crippen LogP contribution in [0.25, 0.3) is 0 Å². The summed E-state index contributed by atoms with van der Waals surface area (Å²) >= 11 is 7.63. The molecule has 2 aliphatic heterocycles. The van der Waals surface area contributed by atoms with Crippen molar-refractivity contribution in [1.82, 2.24) is 20.9 Å². The maximum atomic E-state index is 13.2. The number of hydrogen-bond acceptors (Lipinski definition) is 5. The molecular weight excluding hydrogens is 467 g/mol. The Morgan fingerprint density at radius 2 is 1.88 bits per heavy atom. The van der Waals surface area contributed by atoms with Crippen LogP contribution in [-0.4, -0.2) is 58.6 Å². The highest BCUT2D eigenvalue weighted by molar-refractivity contribution is 7.99. The van der Waals surface area contributed by atoms with Crippen LogP contribution in [0.5, 0.6) is 0 Å². The summed E-state index contributed by atoms with van der Waals surface area (Å²) in [5, 5.41) is 10.2. The quantitative estimate of drug-likeness (QED) is 0.436. The van der Waals surface area contributed by atoms with Crippen LogP contribution in [0.15, 0.2) is 24.3 Å². The van der Waals surface area contributed by atoms with Gasteiger partial charge in [0.1, 0.15) is 5.82 Å². The fraction of sp³-hybridized carbons (Fsp3) is 0.692. The summed E-state index contributed by atoms with van der Waals surface area (Å²) in [6.07, 6.45) is 10.8. The van der Waals surface area contributed by atoms with E-state index < -0.39 is 0 Å². The van der Waals surface area contributed by atoms with Crippen molar-refractivity contribution in [2.45, 2.75) is 82.5 Å². The van der Waals surface area contributed by atoms with E-state index in [1.54, 1.807) is 11.8 Å². The molecule has 1 amide bonds. The lowest BCUT2D eigenvalue weighted by Gasteiger charge is -2.34. The molecule has 0 aromatic heterocycles. The first kappa shape index (κ1) is 25.9. The highest BCUT2D eigenvalue weighted by Crippen LogP contribution is 2.28. The van der Waals surface area contributed by atoms with Crippen LogP contribution >= 0.6 is 24.0 Å². The number of rotatable bonds is 9. The summed E-state index contributed by atoms with van der Waals surface area (Å²) in [5.74, 6) is 2.33. The lowest BCUT2D eigenvalue weighted by Crippen LogP contribution is -2.54. The Hall–Kier alpha value is -1.22. The molecule has 1 saturated carbocycles. The number of carbonyl (C=O) groups excluding carboxylic acids is 1. The molecular formula is C26H39FN4OS2. The molecule has 0 radical (unpaired) electrons. The van der Waals surface area contributed by atoms with Crippen LogP contribution in [0, 0.1) is 11.7 Å². The first-order chi connectivity index (χ1) is 16.6. The summed E-state index contributed by atoms with van der Waals surface area (Å²) in [7, 11) is 0. The monoisotopic (exact) mass is 506 g/mol. The van der Waals surface area contributed by atoms with E-state index in [0.29, 0.717) is 6.04 Å². The van der Waals surface area contributed by atoms with E-state index in [0.717, 1.165) is 73.4 Å². The highest BCUT2D eigenvalue weighted by Gasteiger charge is 2.28. The largest absolute Gasteiger partial charge is 0.375 e. The number of benzene rings is 1. The number of thioether (sulfide) groups is 1. The molecule has 0 bridgehead atoms. The Kier molecular flexibility index (Phi) is 10.0. The zero-order valence-corrected chi connectivity index (χ0v) is 21.7. The van der Waals surface area contributed by atoms with E-state index in [-0.39, 0.29) is 23.8 Å². The highest BCUT2D eigenvalue weighted by atomic mass is 32.2. The van der Waals surface area contributed by atoms with E-state index in [9.17, 15) is 9.18 Å².